The van der Waals surface area contributed by atoms with E-state index in [1.54, 1.807) is 0 Å². The molecule has 0 rings (SSSR count). The molecule has 0 aliphatic heterocycles. The third-order valence-electron chi connectivity index (χ3n) is 3.29. The highest BCUT2D eigenvalue weighted by Crippen LogP contribution is 2.21. The van der Waals surface area contributed by atoms with E-state index in [9.17, 15) is 4.79 Å². The van der Waals surface area contributed by atoms with Crippen molar-refractivity contribution in [1.29, 1.82) is 0 Å². The Hall–Kier alpha value is -0.625. The minimum atomic E-state index is -1.34. The molecule has 0 amide bonds. The van der Waals surface area contributed by atoms with Crippen molar-refractivity contribution in [3.8, 4) is 0 Å². The smallest absolute Gasteiger partial charge is 0.451 e. The summed E-state index contributed by atoms with van der Waals surface area (Å²) in [7, 11) is 2.57. The van der Waals surface area contributed by atoms with E-state index in [0.29, 0.717) is 18.9 Å². The molecule has 0 saturated heterocycles. The van der Waals surface area contributed by atoms with Gasteiger partial charge >= 0.3 is 13.1 Å². The van der Waals surface area contributed by atoms with Gasteiger partial charge in [-0.05, 0) is 46.1 Å². The lowest BCUT2D eigenvalue weighted by atomic mass is 9.78. The monoisotopic (exact) mass is 260 g/mol. The van der Waals surface area contributed by atoms with Crippen molar-refractivity contribution in [2.24, 2.45) is 11.7 Å². The minimum absolute atomic E-state index is 0.0790. The summed E-state index contributed by atoms with van der Waals surface area (Å²) in [5.41, 5.74) is 5.54. The van der Waals surface area contributed by atoms with E-state index >= 15 is 0 Å². The van der Waals surface area contributed by atoms with E-state index in [1.165, 1.54) is 0 Å². The average Bonchev–Trinajstić information content (AvgIpc) is 2.25. The summed E-state index contributed by atoms with van der Waals surface area (Å²) in [5, 5.41) is 26.6. The zero-order chi connectivity index (χ0) is 14.3. The summed E-state index contributed by atoms with van der Waals surface area (Å²) in [6.45, 7) is 2.05. The Balaban J connectivity index is 4.36. The van der Waals surface area contributed by atoms with Crippen LogP contribution in [0.5, 0.6) is 0 Å². The lowest BCUT2D eigenvalue weighted by Crippen LogP contribution is -2.35. The zero-order valence-electron chi connectivity index (χ0n) is 11.4. The second-order valence-electron chi connectivity index (χ2n) is 5.15. The van der Waals surface area contributed by atoms with Gasteiger partial charge in [-0.1, -0.05) is 6.42 Å². The van der Waals surface area contributed by atoms with E-state index in [0.717, 1.165) is 6.42 Å². The number of nitrogens with two attached hydrogens (primary N) is 1. The van der Waals surface area contributed by atoms with Crippen molar-refractivity contribution in [3.05, 3.63) is 0 Å². The Morgan fingerprint density at radius 2 is 1.89 bits per heavy atom. The summed E-state index contributed by atoms with van der Waals surface area (Å²) in [5.74, 6) is -0.933. The Morgan fingerprint density at radius 1 is 1.33 bits per heavy atom. The molecule has 0 aromatic rings. The zero-order valence-corrected chi connectivity index (χ0v) is 11.4. The van der Waals surface area contributed by atoms with Crippen molar-refractivity contribution in [2.45, 2.75) is 44.6 Å². The molecule has 0 spiro atoms. The van der Waals surface area contributed by atoms with Gasteiger partial charge < -0.3 is 25.8 Å². The minimum Gasteiger partial charge on any atom is -0.480 e. The van der Waals surface area contributed by atoms with E-state index in [-0.39, 0.29) is 12.2 Å². The fourth-order valence-electron chi connectivity index (χ4n) is 1.87. The molecule has 6 nitrogen and oxygen atoms in total. The van der Waals surface area contributed by atoms with Crippen LogP contribution in [-0.4, -0.2) is 59.3 Å². The predicted molar refractivity (Wildman–Crippen MR) is 71.1 cm³/mol. The van der Waals surface area contributed by atoms with E-state index in [1.807, 2.05) is 14.1 Å². The van der Waals surface area contributed by atoms with Crippen molar-refractivity contribution in [1.82, 2.24) is 4.90 Å². The summed E-state index contributed by atoms with van der Waals surface area (Å²) >= 11 is 0. The molecule has 0 radical (unpaired) electrons. The normalized spacial score (nSPS) is 16.4. The highest BCUT2D eigenvalue weighted by atomic mass is 16.4. The fourth-order valence-corrected chi connectivity index (χ4v) is 1.87. The van der Waals surface area contributed by atoms with Crippen molar-refractivity contribution >= 4 is 13.1 Å². The van der Waals surface area contributed by atoms with Crippen LogP contribution in [-0.2, 0) is 4.79 Å². The van der Waals surface area contributed by atoms with Gasteiger partial charge in [-0.15, -0.1) is 0 Å². The first-order valence-electron chi connectivity index (χ1n) is 6.25. The van der Waals surface area contributed by atoms with Gasteiger partial charge in [-0.3, -0.25) is 4.79 Å². The maximum Gasteiger partial charge on any atom is 0.451 e. The Morgan fingerprint density at radius 3 is 2.28 bits per heavy atom. The van der Waals surface area contributed by atoms with E-state index < -0.39 is 19.1 Å². The van der Waals surface area contributed by atoms with Gasteiger partial charge in [-0.2, -0.15) is 0 Å². The first-order valence-corrected chi connectivity index (χ1v) is 6.25. The lowest BCUT2D eigenvalue weighted by molar-refractivity contribution is -0.139. The highest BCUT2D eigenvalue weighted by molar-refractivity contribution is 6.40. The second-order valence-corrected chi connectivity index (χ2v) is 5.15. The number of carbonyl (C=O) groups is 1. The molecule has 0 heterocycles. The number of nitrogens with zero attached hydrogens (tertiary/aromatic N) is 1. The lowest BCUT2D eigenvalue weighted by Gasteiger charge is -2.26. The number of carboxylic acids is 1. The van der Waals surface area contributed by atoms with Gasteiger partial charge in [0.2, 0.25) is 0 Å². The average molecular weight is 260 g/mol. The molecule has 0 aliphatic carbocycles. The molecule has 3 atom stereocenters. The molecule has 0 bridgehead atoms. The maximum absolute atomic E-state index is 10.8. The molecular weight excluding hydrogens is 235 g/mol. The van der Waals surface area contributed by atoms with Gasteiger partial charge in [0, 0.05) is 6.04 Å². The Bertz CT molecular complexity index is 251. The quantitative estimate of drug-likeness (QED) is 0.420. The molecule has 0 aromatic carbocycles. The first kappa shape index (κ1) is 17.4. The van der Waals surface area contributed by atoms with Crippen LogP contribution in [0.3, 0.4) is 0 Å². The number of hydrogen-bond donors (Lipinski definition) is 4. The van der Waals surface area contributed by atoms with Gasteiger partial charge in [0.05, 0.1) is 0 Å². The van der Waals surface area contributed by atoms with E-state index in [2.05, 4.69) is 11.8 Å². The Labute approximate surface area is 109 Å². The van der Waals surface area contributed by atoms with E-state index in [4.69, 9.17) is 20.9 Å². The summed E-state index contributed by atoms with van der Waals surface area (Å²) in [4.78, 5) is 12.8. The number of carboxylic acid groups (broad SMARTS) is 1. The van der Waals surface area contributed by atoms with Crippen LogP contribution in [0.15, 0.2) is 0 Å². The second kappa shape index (κ2) is 8.47. The molecule has 0 aliphatic rings. The predicted octanol–water partition coefficient (Wildman–Crippen LogP) is -0.392. The molecule has 0 saturated carbocycles. The number of hydrogen-bond acceptors (Lipinski definition) is 5. The number of rotatable bonds is 9. The molecule has 7 heteroatoms. The van der Waals surface area contributed by atoms with Gasteiger partial charge in [0.15, 0.2) is 0 Å². The molecule has 0 aromatic heterocycles. The van der Waals surface area contributed by atoms with Crippen molar-refractivity contribution in [2.75, 3.05) is 14.1 Å². The van der Waals surface area contributed by atoms with Crippen LogP contribution in [0.1, 0.15) is 26.2 Å². The SMILES string of the molecule is CC(CC(CCB(O)O)CC(N)C(=O)O)N(C)C. The van der Waals surface area contributed by atoms with Crippen LogP contribution in [0, 0.1) is 5.92 Å². The molecule has 18 heavy (non-hydrogen) atoms. The van der Waals surface area contributed by atoms with Gasteiger partial charge in [-0.25, -0.2) is 0 Å². The number of aliphatic carboxylic acids is 1. The largest absolute Gasteiger partial charge is 0.480 e. The molecule has 5 N–H and O–H groups in total. The standard InChI is InChI=1S/C11H25BN2O4/c1-8(14(2)3)6-9(4-5-12(17)18)7-10(13)11(15)16/h8-10,17-18H,4-7,13H2,1-3H3,(H,15,16). The van der Waals surface area contributed by atoms with Crippen molar-refractivity contribution < 1.29 is 19.9 Å². The molecular formula is C11H25BN2O4. The molecule has 3 unspecified atom stereocenters. The van der Waals surface area contributed by atoms with Gasteiger partial charge in [0.25, 0.3) is 0 Å². The highest BCUT2D eigenvalue weighted by Gasteiger charge is 2.22. The van der Waals surface area contributed by atoms with Crippen LogP contribution < -0.4 is 5.73 Å². The Kier molecular flexibility index (Phi) is 8.18. The molecule has 106 valence electrons. The topological polar surface area (TPSA) is 107 Å². The fraction of sp³-hybridized carbons (Fsp3) is 0.909. The summed E-state index contributed by atoms with van der Waals surface area (Å²) in [6.07, 6.45) is 1.97. The maximum atomic E-state index is 10.8. The van der Waals surface area contributed by atoms with Crippen LogP contribution in [0.25, 0.3) is 0 Å². The van der Waals surface area contributed by atoms with Crippen LogP contribution in [0.4, 0.5) is 0 Å². The van der Waals surface area contributed by atoms with Crippen molar-refractivity contribution in [3.63, 3.8) is 0 Å². The van der Waals surface area contributed by atoms with Crippen LogP contribution in [0.2, 0.25) is 6.32 Å². The third-order valence-corrected chi connectivity index (χ3v) is 3.29. The third kappa shape index (κ3) is 7.65. The van der Waals surface area contributed by atoms with Crippen LogP contribution >= 0.6 is 0 Å². The first-order chi connectivity index (χ1) is 8.23. The summed E-state index contributed by atoms with van der Waals surface area (Å²) < 4.78 is 0. The summed E-state index contributed by atoms with van der Waals surface area (Å²) in [6, 6.07) is -0.591. The van der Waals surface area contributed by atoms with Gasteiger partial charge in [0.1, 0.15) is 6.04 Å². The molecule has 0 fully saturated rings.